The fourth-order valence-corrected chi connectivity index (χ4v) is 2.86. The van der Waals surface area contributed by atoms with Gasteiger partial charge in [-0.25, -0.2) is 0 Å². The standard InChI is InChI=1S/C17H26N2O3S/c1-19-9-6-14(7-10-19)22-15-5-4-13(12-16(15)21-2)17(20)18-8-11-23-3/h4-5,12,14H,6-11H2,1-3H3,(H,18,20). The Labute approximate surface area is 142 Å². The van der Waals surface area contributed by atoms with Crippen molar-refractivity contribution in [2.75, 3.05) is 45.8 Å². The topological polar surface area (TPSA) is 50.8 Å². The fraction of sp³-hybridized carbons (Fsp3) is 0.588. The van der Waals surface area contributed by atoms with Crippen molar-refractivity contribution in [3.05, 3.63) is 23.8 Å². The second kappa shape index (κ2) is 9.03. The summed E-state index contributed by atoms with van der Waals surface area (Å²) < 4.78 is 11.5. The van der Waals surface area contributed by atoms with E-state index in [1.807, 2.05) is 12.3 Å². The summed E-state index contributed by atoms with van der Waals surface area (Å²) in [4.78, 5) is 14.4. The monoisotopic (exact) mass is 338 g/mol. The summed E-state index contributed by atoms with van der Waals surface area (Å²) in [7, 11) is 3.73. The van der Waals surface area contributed by atoms with Crippen molar-refractivity contribution in [2.45, 2.75) is 18.9 Å². The number of hydrogen-bond acceptors (Lipinski definition) is 5. The van der Waals surface area contributed by atoms with Crippen molar-refractivity contribution < 1.29 is 14.3 Å². The van der Waals surface area contributed by atoms with Gasteiger partial charge in [0.05, 0.1) is 7.11 Å². The molecule has 5 nitrogen and oxygen atoms in total. The average molecular weight is 338 g/mol. The summed E-state index contributed by atoms with van der Waals surface area (Å²) in [6.07, 6.45) is 4.25. The second-order valence-electron chi connectivity index (χ2n) is 5.73. The van der Waals surface area contributed by atoms with Crippen LogP contribution in [0.3, 0.4) is 0 Å². The summed E-state index contributed by atoms with van der Waals surface area (Å²) in [5.41, 5.74) is 0.596. The SMILES string of the molecule is COc1cc(C(=O)NCCSC)ccc1OC1CCN(C)CC1. The quantitative estimate of drug-likeness (QED) is 0.773. The molecule has 0 unspecified atom stereocenters. The zero-order valence-electron chi connectivity index (χ0n) is 14.1. The van der Waals surface area contributed by atoms with Gasteiger partial charge in [-0.2, -0.15) is 11.8 Å². The Hall–Kier alpha value is -1.40. The van der Waals surface area contributed by atoms with Crippen molar-refractivity contribution in [3.8, 4) is 11.5 Å². The molecule has 0 bridgehead atoms. The number of piperidine rings is 1. The lowest BCUT2D eigenvalue weighted by Crippen LogP contribution is -2.35. The minimum Gasteiger partial charge on any atom is -0.493 e. The van der Waals surface area contributed by atoms with Crippen molar-refractivity contribution in [1.82, 2.24) is 10.2 Å². The van der Waals surface area contributed by atoms with E-state index in [2.05, 4.69) is 17.3 Å². The number of benzene rings is 1. The van der Waals surface area contributed by atoms with Crippen molar-refractivity contribution in [2.24, 2.45) is 0 Å². The molecule has 2 rings (SSSR count). The number of hydrogen-bond donors (Lipinski definition) is 1. The molecule has 1 aromatic rings. The first kappa shape index (κ1) is 17.9. The van der Waals surface area contributed by atoms with E-state index in [0.29, 0.717) is 23.6 Å². The minimum atomic E-state index is -0.0804. The van der Waals surface area contributed by atoms with Crippen LogP contribution in [0, 0.1) is 0 Å². The third-order valence-electron chi connectivity index (χ3n) is 3.98. The summed E-state index contributed by atoms with van der Waals surface area (Å²) in [6.45, 7) is 2.75. The number of amides is 1. The minimum absolute atomic E-state index is 0.0804. The van der Waals surface area contributed by atoms with E-state index < -0.39 is 0 Å². The van der Waals surface area contributed by atoms with Gasteiger partial charge in [-0.05, 0) is 44.3 Å². The van der Waals surface area contributed by atoms with Crippen LogP contribution in [0.5, 0.6) is 11.5 Å². The van der Waals surface area contributed by atoms with Gasteiger partial charge in [0, 0.05) is 31.0 Å². The molecule has 23 heavy (non-hydrogen) atoms. The van der Waals surface area contributed by atoms with Crippen LogP contribution < -0.4 is 14.8 Å². The van der Waals surface area contributed by atoms with Gasteiger partial charge < -0.3 is 19.7 Å². The molecular weight excluding hydrogens is 312 g/mol. The molecule has 1 aliphatic heterocycles. The number of nitrogens with zero attached hydrogens (tertiary/aromatic N) is 1. The van der Waals surface area contributed by atoms with Gasteiger partial charge in [-0.1, -0.05) is 0 Å². The number of methoxy groups -OCH3 is 1. The maximum atomic E-state index is 12.1. The van der Waals surface area contributed by atoms with Gasteiger partial charge in [-0.3, -0.25) is 4.79 Å². The van der Waals surface area contributed by atoms with E-state index in [1.165, 1.54) is 0 Å². The van der Waals surface area contributed by atoms with E-state index in [9.17, 15) is 4.79 Å². The molecule has 6 heteroatoms. The third kappa shape index (κ3) is 5.32. The number of carbonyl (C=O) groups excluding carboxylic acids is 1. The Bertz CT molecular complexity index is 517. The predicted molar refractivity (Wildman–Crippen MR) is 94.9 cm³/mol. The van der Waals surface area contributed by atoms with Crippen LogP contribution in [0.25, 0.3) is 0 Å². The summed E-state index contributed by atoms with van der Waals surface area (Å²) in [5.74, 6) is 2.15. The molecule has 0 atom stereocenters. The van der Waals surface area contributed by atoms with Crippen LogP contribution in [-0.4, -0.2) is 62.7 Å². The van der Waals surface area contributed by atoms with Crippen LogP contribution in [0.1, 0.15) is 23.2 Å². The molecule has 1 aliphatic rings. The van der Waals surface area contributed by atoms with Gasteiger partial charge in [0.25, 0.3) is 5.91 Å². The fourth-order valence-electron chi connectivity index (χ4n) is 2.56. The third-order valence-corrected chi connectivity index (χ3v) is 4.59. The highest BCUT2D eigenvalue weighted by Gasteiger charge is 2.20. The zero-order valence-corrected chi connectivity index (χ0v) is 14.9. The first-order valence-corrected chi connectivity index (χ1v) is 9.33. The lowest BCUT2D eigenvalue weighted by atomic mass is 10.1. The molecule has 128 valence electrons. The van der Waals surface area contributed by atoms with Crippen LogP contribution in [0.15, 0.2) is 18.2 Å². The van der Waals surface area contributed by atoms with Gasteiger partial charge in [-0.15, -0.1) is 0 Å². The molecular formula is C17H26N2O3S. The second-order valence-corrected chi connectivity index (χ2v) is 6.72. The first-order valence-electron chi connectivity index (χ1n) is 7.94. The van der Waals surface area contributed by atoms with Crippen LogP contribution >= 0.6 is 11.8 Å². The van der Waals surface area contributed by atoms with Crippen molar-refractivity contribution >= 4 is 17.7 Å². The lowest BCUT2D eigenvalue weighted by molar-refractivity contribution is 0.0955. The normalized spacial score (nSPS) is 16.1. The number of rotatable bonds is 7. The highest BCUT2D eigenvalue weighted by Crippen LogP contribution is 2.30. The highest BCUT2D eigenvalue weighted by molar-refractivity contribution is 7.98. The largest absolute Gasteiger partial charge is 0.493 e. The van der Waals surface area contributed by atoms with Crippen LogP contribution in [0.2, 0.25) is 0 Å². The van der Waals surface area contributed by atoms with Crippen LogP contribution in [-0.2, 0) is 0 Å². The lowest BCUT2D eigenvalue weighted by Gasteiger charge is -2.29. The zero-order chi connectivity index (χ0) is 16.7. The number of ether oxygens (including phenoxy) is 2. The smallest absolute Gasteiger partial charge is 0.251 e. The van der Waals surface area contributed by atoms with Gasteiger partial charge in [0.15, 0.2) is 11.5 Å². The summed E-state index contributed by atoms with van der Waals surface area (Å²) >= 11 is 1.71. The highest BCUT2D eigenvalue weighted by atomic mass is 32.2. The maximum absolute atomic E-state index is 12.1. The number of nitrogens with one attached hydrogen (secondary N) is 1. The van der Waals surface area contributed by atoms with E-state index in [-0.39, 0.29) is 12.0 Å². The van der Waals surface area contributed by atoms with Crippen molar-refractivity contribution in [3.63, 3.8) is 0 Å². The first-order chi connectivity index (χ1) is 11.1. The molecule has 0 aromatic heterocycles. The van der Waals surface area contributed by atoms with Crippen LogP contribution in [0.4, 0.5) is 0 Å². The number of thioether (sulfide) groups is 1. The number of carbonyl (C=O) groups is 1. The molecule has 1 amide bonds. The predicted octanol–water partition coefficient (Wildman–Crippen LogP) is 2.26. The molecule has 1 saturated heterocycles. The molecule has 0 radical (unpaired) electrons. The Balaban J connectivity index is 2.00. The van der Waals surface area contributed by atoms with E-state index in [4.69, 9.17) is 9.47 Å². The Morgan fingerprint density at radius 3 is 2.74 bits per heavy atom. The number of likely N-dealkylation sites (tertiary alicyclic amines) is 1. The van der Waals surface area contributed by atoms with Gasteiger partial charge in [0.1, 0.15) is 6.10 Å². The Morgan fingerprint density at radius 1 is 1.35 bits per heavy atom. The summed E-state index contributed by atoms with van der Waals surface area (Å²) in [6, 6.07) is 5.38. The molecule has 0 aliphatic carbocycles. The maximum Gasteiger partial charge on any atom is 0.251 e. The summed E-state index contributed by atoms with van der Waals surface area (Å²) in [5, 5.41) is 2.90. The molecule has 1 N–H and O–H groups in total. The van der Waals surface area contributed by atoms with E-state index >= 15 is 0 Å². The van der Waals surface area contributed by atoms with Crippen molar-refractivity contribution in [1.29, 1.82) is 0 Å². The Morgan fingerprint density at radius 2 is 2.09 bits per heavy atom. The molecule has 1 heterocycles. The Kier molecular flexibility index (Phi) is 7.05. The molecule has 0 spiro atoms. The molecule has 1 aromatic carbocycles. The molecule has 0 saturated carbocycles. The van der Waals surface area contributed by atoms with E-state index in [1.54, 1.807) is 31.0 Å². The van der Waals surface area contributed by atoms with Gasteiger partial charge >= 0.3 is 0 Å². The molecule has 1 fully saturated rings. The average Bonchev–Trinajstić information content (AvgIpc) is 2.57. The van der Waals surface area contributed by atoms with E-state index in [0.717, 1.165) is 31.7 Å². The van der Waals surface area contributed by atoms with Gasteiger partial charge in [0.2, 0.25) is 0 Å².